The van der Waals surface area contributed by atoms with Crippen LogP contribution in [-0.4, -0.2) is 45.5 Å². The highest BCUT2D eigenvalue weighted by Gasteiger charge is 2.27. The fraction of sp³-hybridized carbons (Fsp3) is 0.346. The van der Waals surface area contributed by atoms with Crippen molar-refractivity contribution < 1.29 is 29.5 Å². The van der Waals surface area contributed by atoms with Gasteiger partial charge in [0.2, 0.25) is 5.91 Å². The third-order valence-electron chi connectivity index (χ3n) is 5.71. The quantitative estimate of drug-likeness (QED) is 0.133. The zero-order valence-electron chi connectivity index (χ0n) is 20.6. The zero-order valence-corrected chi connectivity index (χ0v) is 20.6. The summed E-state index contributed by atoms with van der Waals surface area (Å²) in [6.07, 6.45) is 0.808. The van der Waals surface area contributed by atoms with Crippen molar-refractivity contribution in [1.82, 2.24) is 21.3 Å². The van der Waals surface area contributed by atoms with Gasteiger partial charge >= 0.3 is 0 Å². The van der Waals surface area contributed by atoms with Crippen molar-refractivity contribution in [1.29, 1.82) is 0 Å². The first-order chi connectivity index (χ1) is 17.3. The van der Waals surface area contributed by atoms with Crippen molar-refractivity contribution in [3.8, 4) is 33.9 Å². The minimum absolute atomic E-state index is 0.0108. The van der Waals surface area contributed by atoms with E-state index in [1.54, 1.807) is 18.5 Å². The van der Waals surface area contributed by atoms with Crippen molar-refractivity contribution >= 4 is 11.8 Å². The number of phenols is 2. The van der Waals surface area contributed by atoms with Crippen LogP contribution in [0.25, 0.3) is 22.5 Å². The van der Waals surface area contributed by atoms with E-state index < -0.39 is 11.8 Å². The summed E-state index contributed by atoms with van der Waals surface area (Å²) in [5.41, 5.74) is 4.75. The Labute approximate surface area is 209 Å². The topological polar surface area (TPSA) is 157 Å². The molecular formula is C26H32N4O6. The molecule has 0 radical (unpaired) electrons. The van der Waals surface area contributed by atoms with Gasteiger partial charge in [0.15, 0.2) is 11.5 Å². The Balaban J connectivity index is 1.92. The van der Waals surface area contributed by atoms with Gasteiger partial charge in [-0.2, -0.15) is 0 Å². The average Bonchev–Trinajstić information content (AvgIpc) is 3.29. The average molecular weight is 497 g/mol. The zero-order chi connectivity index (χ0) is 26.2. The Morgan fingerprint density at radius 1 is 1.08 bits per heavy atom. The van der Waals surface area contributed by atoms with E-state index in [1.165, 1.54) is 6.07 Å². The van der Waals surface area contributed by atoms with Crippen molar-refractivity contribution in [2.45, 2.75) is 46.1 Å². The Morgan fingerprint density at radius 3 is 2.44 bits per heavy atom. The van der Waals surface area contributed by atoms with E-state index in [-0.39, 0.29) is 35.3 Å². The van der Waals surface area contributed by atoms with Crippen LogP contribution in [0, 0.1) is 0 Å². The molecule has 0 aliphatic carbocycles. The van der Waals surface area contributed by atoms with Gasteiger partial charge in [0.05, 0.1) is 11.1 Å². The molecule has 0 saturated carbocycles. The molecule has 10 nitrogen and oxygen atoms in total. The van der Waals surface area contributed by atoms with Crippen LogP contribution in [0.1, 0.15) is 61.1 Å². The first-order valence-electron chi connectivity index (χ1n) is 11.8. The molecule has 2 amide bonds. The molecule has 0 aliphatic heterocycles. The third kappa shape index (κ3) is 6.21. The molecule has 0 atom stereocenters. The van der Waals surface area contributed by atoms with Gasteiger partial charge in [-0.1, -0.05) is 43.3 Å². The fourth-order valence-corrected chi connectivity index (χ4v) is 3.83. The number of aromatic nitrogens is 1. The summed E-state index contributed by atoms with van der Waals surface area (Å²) in [5, 5.41) is 39.4. The molecule has 36 heavy (non-hydrogen) atoms. The van der Waals surface area contributed by atoms with Gasteiger partial charge in [-0.3, -0.25) is 14.8 Å². The molecule has 0 fully saturated rings. The van der Waals surface area contributed by atoms with Crippen LogP contribution in [0.5, 0.6) is 11.5 Å². The number of nitrogens with zero attached hydrogens (tertiary/aromatic N) is 1. The Bertz CT molecular complexity index is 1200. The van der Waals surface area contributed by atoms with Crippen LogP contribution < -0.4 is 16.1 Å². The van der Waals surface area contributed by atoms with E-state index in [0.29, 0.717) is 48.3 Å². The van der Waals surface area contributed by atoms with Crippen LogP contribution >= 0.6 is 0 Å². The lowest BCUT2D eigenvalue weighted by Gasteiger charge is -2.13. The summed E-state index contributed by atoms with van der Waals surface area (Å²) in [5.74, 6) is -0.819. The van der Waals surface area contributed by atoms with Gasteiger partial charge in [0, 0.05) is 25.6 Å². The number of phenolic OH excluding ortho intramolecular Hbond substituents is 2. The summed E-state index contributed by atoms with van der Waals surface area (Å²) in [4.78, 5) is 23.8. The first-order valence-corrected chi connectivity index (χ1v) is 11.8. The standard InChI is InChI=1S/C26H32N4O6/c1-4-28-26(34)24-23(17-9-7-16(8-10-17)14-27-11-5-6-22(33)29-35)25(36-30-24)19-12-18(15(2)3)20(31)13-21(19)32/h7-10,12-13,15,27,31-32,35H,4-6,11,14H2,1-3H3,(H,28,34)(H,29,33). The molecular weight excluding hydrogens is 464 g/mol. The lowest BCUT2D eigenvalue weighted by molar-refractivity contribution is -0.129. The van der Waals surface area contributed by atoms with Gasteiger partial charge in [0.1, 0.15) is 11.5 Å². The van der Waals surface area contributed by atoms with Gasteiger partial charge in [0.25, 0.3) is 5.91 Å². The molecule has 0 unspecified atom stereocenters. The molecule has 192 valence electrons. The molecule has 6 N–H and O–H groups in total. The predicted octanol–water partition coefficient (Wildman–Crippen LogP) is 3.67. The van der Waals surface area contributed by atoms with Gasteiger partial charge in [-0.25, -0.2) is 5.48 Å². The highest BCUT2D eigenvalue weighted by Crippen LogP contribution is 2.43. The number of benzene rings is 2. The highest BCUT2D eigenvalue weighted by atomic mass is 16.5. The molecule has 0 bridgehead atoms. The molecule has 3 aromatic rings. The van der Waals surface area contributed by atoms with Crippen molar-refractivity contribution in [2.24, 2.45) is 0 Å². The van der Waals surface area contributed by atoms with Crippen LogP contribution in [-0.2, 0) is 11.3 Å². The number of amides is 2. The first kappa shape index (κ1) is 26.7. The van der Waals surface area contributed by atoms with Crippen molar-refractivity contribution in [3.05, 3.63) is 53.2 Å². The number of hydrogen-bond donors (Lipinski definition) is 6. The molecule has 0 spiro atoms. The smallest absolute Gasteiger partial charge is 0.274 e. The molecule has 3 rings (SSSR count). The second kappa shape index (κ2) is 12.2. The van der Waals surface area contributed by atoms with Crippen LogP contribution in [0.4, 0.5) is 0 Å². The minimum atomic E-state index is -0.422. The van der Waals surface area contributed by atoms with Gasteiger partial charge in [-0.15, -0.1) is 0 Å². The van der Waals surface area contributed by atoms with Crippen molar-refractivity contribution in [2.75, 3.05) is 13.1 Å². The summed E-state index contributed by atoms with van der Waals surface area (Å²) in [6, 6.07) is 10.4. The fourth-order valence-electron chi connectivity index (χ4n) is 3.83. The predicted molar refractivity (Wildman–Crippen MR) is 134 cm³/mol. The molecule has 0 saturated heterocycles. The number of carbonyl (C=O) groups excluding carboxylic acids is 2. The number of carbonyl (C=O) groups is 2. The Hall–Kier alpha value is -3.89. The number of hydrogen-bond acceptors (Lipinski definition) is 8. The maximum absolute atomic E-state index is 12.7. The van der Waals surface area contributed by atoms with Gasteiger partial charge < -0.3 is 25.4 Å². The largest absolute Gasteiger partial charge is 0.508 e. The number of rotatable bonds is 11. The Kier molecular flexibility index (Phi) is 9.04. The van der Waals surface area contributed by atoms with E-state index in [9.17, 15) is 19.8 Å². The maximum Gasteiger partial charge on any atom is 0.274 e. The van der Waals surface area contributed by atoms with Crippen LogP contribution in [0.3, 0.4) is 0 Å². The lowest BCUT2D eigenvalue weighted by Crippen LogP contribution is -2.23. The summed E-state index contributed by atoms with van der Waals surface area (Å²) in [7, 11) is 0. The normalized spacial score (nSPS) is 11.0. The summed E-state index contributed by atoms with van der Waals surface area (Å²) < 4.78 is 5.59. The number of aromatic hydroxyl groups is 2. The van der Waals surface area contributed by atoms with E-state index in [4.69, 9.17) is 9.73 Å². The van der Waals surface area contributed by atoms with Crippen molar-refractivity contribution in [3.63, 3.8) is 0 Å². The van der Waals surface area contributed by atoms with Crippen LogP contribution in [0.2, 0.25) is 0 Å². The molecule has 1 heterocycles. The van der Waals surface area contributed by atoms with E-state index in [2.05, 4.69) is 15.8 Å². The highest BCUT2D eigenvalue weighted by molar-refractivity contribution is 6.02. The second-order valence-electron chi connectivity index (χ2n) is 8.69. The summed E-state index contributed by atoms with van der Waals surface area (Å²) >= 11 is 0. The third-order valence-corrected chi connectivity index (χ3v) is 5.71. The minimum Gasteiger partial charge on any atom is -0.508 e. The van der Waals surface area contributed by atoms with E-state index in [1.807, 2.05) is 38.1 Å². The molecule has 10 heteroatoms. The lowest BCUT2D eigenvalue weighted by atomic mass is 9.94. The molecule has 2 aromatic carbocycles. The SMILES string of the molecule is CCNC(=O)c1noc(-c2cc(C(C)C)c(O)cc2O)c1-c1ccc(CNCCCC(=O)NO)cc1. The van der Waals surface area contributed by atoms with Gasteiger partial charge in [-0.05, 0) is 48.6 Å². The number of hydroxylamine groups is 1. The van der Waals surface area contributed by atoms with E-state index >= 15 is 0 Å². The number of nitrogens with one attached hydrogen (secondary N) is 3. The Morgan fingerprint density at radius 2 is 1.81 bits per heavy atom. The summed E-state index contributed by atoms with van der Waals surface area (Å²) in [6.45, 7) is 7.23. The molecule has 0 aliphatic rings. The monoisotopic (exact) mass is 496 g/mol. The second-order valence-corrected chi connectivity index (χ2v) is 8.69. The maximum atomic E-state index is 12.7. The van der Waals surface area contributed by atoms with Crippen LogP contribution in [0.15, 0.2) is 40.9 Å². The van der Waals surface area contributed by atoms with E-state index in [0.717, 1.165) is 5.56 Å². The molecule has 1 aromatic heterocycles.